The minimum Gasteiger partial charge on any atom is -0.379 e. The lowest BCUT2D eigenvalue weighted by molar-refractivity contribution is -0.162. The number of likely N-dealkylation sites (tertiary alicyclic amines) is 1. The first-order valence-corrected chi connectivity index (χ1v) is 10.3. The quantitative estimate of drug-likeness (QED) is 0.784. The molecule has 28 heavy (non-hydrogen) atoms. The molecule has 2 fully saturated rings. The van der Waals surface area contributed by atoms with Gasteiger partial charge in [-0.25, -0.2) is 9.07 Å². The van der Waals surface area contributed by atoms with Crippen molar-refractivity contribution < 1.29 is 13.9 Å². The number of methoxy groups -OCH3 is 2. The van der Waals surface area contributed by atoms with Crippen molar-refractivity contribution in [1.29, 1.82) is 0 Å². The number of halogens is 1. The average molecular weight is 387 g/mol. The van der Waals surface area contributed by atoms with E-state index in [0.29, 0.717) is 0 Å². The first-order valence-electron chi connectivity index (χ1n) is 10.3. The van der Waals surface area contributed by atoms with Crippen molar-refractivity contribution in [2.24, 2.45) is 0 Å². The molecule has 0 N–H and O–H groups in total. The number of hydrogen-bond donors (Lipinski definition) is 0. The van der Waals surface area contributed by atoms with Gasteiger partial charge in [0.25, 0.3) is 0 Å². The van der Waals surface area contributed by atoms with Gasteiger partial charge in [0.15, 0.2) is 0 Å². The smallest absolute Gasteiger partial charge is 0.125 e. The van der Waals surface area contributed by atoms with Crippen molar-refractivity contribution in [2.45, 2.75) is 56.8 Å². The molecule has 5 nitrogen and oxygen atoms in total. The Kier molecular flexibility index (Phi) is 5.80. The van der Waals surface area contributed by atoms with E-state index in [0.717, 1.165) is 30.0 Å². The van der Waals surface area contributed by atoms with E-state index in [-0.39, 0.29) is 30.0 Å². The molecule has 1 saturated heterocycles. The summed E-state index contributed by atoms with van der Waals surface area (Å²) in [7, 11) is 3.58. The summed E-state index contributed by atoms with van der Waals surface area (Å²) in [5.41, 5.74) is 2.78. The van der Waals surface area contributed by atoms with E-state index in [1.54, 1.807) is 25.0 Å². The molecule has 2 aromatic rings. The lowest BCUT2D eigenvalue weighted by atomic mass is 9.69. The van der Waals surface area contributed by atoms with Crippen molar-refractivity contribution in [3.8, 4) is 5.69 Å². The van der Waals surface area contributed by atoms with Crippen LogP contribution in [0.2, 0.25) is 0 Å². The largest absolute Gasteiger partial charge is 0.379 e. The lowest BCUT2D eigenvalue weighted by Gasteiger charge is -2.54. The summed E-state index contributed by atoms with van der Waals surface area (Å²) < 4.78 is 27.3. The second-order valence-corrected chi connectivity index (χ2v) is 7.96. The fourth-order valence-electron chi connectivity index (χ4n) is 4.94. The van der Waals surface area contributed by atoms with E-state index >= 15 is 0 Å². The van der Waals surface area contributed by atoms with Gasteiger partial charge < -0.3 is 9.47 Å². The summed E-state index contributed by atoms with van der Waals surface area (Å²) in [6.07, 6.45) is 7.25. The molecular formula is C22H30FN3O2. The first-order chi connectivity index (χ1) is 13.6. The minimum absolute atomic E-state index is 0.0758. The highest BCUT2D eigenvalue weighted by Crippen LogP contribution is 2.45. The van der Waals surface area contributed by atoms with Crippen LogP contribution >= 0.6 is 0 Å². The molecule has 1 aliphatic carbocycles. The number of benzene rings is 1. The fraction of sp³-hybridized carbons (Fsp3) is 0.591. The van der Waals surface area contributed by atoms with Crippen LogP contribution in [-0.4, -0.2) is 60.2 Å². The molecule has 1 saturated carbocycles. The lowest BCUT2D eigenvalue weighted by Crippen LogP contribution is -2.67. The standard InChI is InChI=1S/C22H30FN3O2/c1-15-18(14-26(24-15)17-10-8-9-16(23)13-17)19-21(27-2)20(22(19)28-3)25-11-6-4-5-7-12-25/h8-10,13-14,19-22H,4-7,11-12H2,1-3H3. The highest BCUT2D eigenvalue weighted by molar-refractivity contribution is 5.37. The predicted molar refractivity (Wildman–Crippen MR) is 106 cm³/mol. The van der Waals surface area contributed by atoms with Gasteiger partial charge in [0.1, 0.15) is 5.82 Å². The third kappa shape index (κ3) is 3.49. The Morgan fingerprint density at radius 3 is 2.32 bits per heavy atom. The Balaban J connectivity index is 1.61. The zero-order chi connectivity index (χ0) is 19.7. The highest BCUT2D eigenvalue weighted by atomic mass is 19.1. The molecule has 2 heterocycles. The Hall–Kier alpha value is -1.76. The molecule has 2 atom stereocenters. The molecule has 1 aromatic carbocycles. The molecule has 0 spiro atoms. The summed E-state index contributed by atoms with van der Waals surface area (Å²) in [6, 6.07) is 6.78. The molecule has 6 heteroatoms. The summed E-state index contributed by atoms with van der Waals surface area (Å²) in [5, 5.41) is 4.64. The average Bonchev–Trinajstić information content (AvgIpc) is 2.87. The topological polar surface area (TPSA) is 39.5 Å². The number of aromatic nitrogens is 2. The highest BCUT2D eigenvalue weighted by Gasteiger charge is 2.55. The minimum atomic E-state index is -0.262. The van der Waals surface area contributed by atoms with Crippen molar-refractivity contribution in [2.75, 3.05) is 27.3 Å². The van der Waals surface area contributed by atoms with Crippen molar-refractivity contribution >= 4 is 0 Å². The van der Waals surface area contributed by atoms with Crippen LogP contribution < -0.4 is 0 Å². The zero-order valence-corrected chi connectivity index (χ0v) is 17.0. The zero-order valence-electron chi connectivity index (χ0n) is 17.0. The third-order valence-corrected chi connectivity index (χ3v) is 6.36. The van der Waals surface area contributed by atoms with Crippen LogP contribution in [0, 0.1) is 12.7 Å². The predicted octanol–water partition coefficient (Wildman–Crippen LogP) is 3.69. The van der Waals surface area contributed by atoms with Gasteiger partial charge in [0.2, 0.25) is 0 Å². The normalized spacial score (nSPS) is 28.7. The molecule has 0 radical (unpaired) electrons. The number of aryl methyl sites for hydroxylation is 1. The van der Waals surface area contributed by atoms with Gasteiger partial charge in [0, 0.05) is 31.9 Å². The van der Waals surface area contributed by atoms with Gasteiger partial charge in [0.05, 0.1) is 29.6 Å². The van der Waals surface area contributed by atoms with Gasteiger partial charge in [-0.1, -0.05) is 18.9 Å². The van der Waals surface area contributed by atoms with Gasteiger partial charge in [-0.05, 0) is 51.1 Å². The number of rotatable bonds is 5. The SMILES string of the molecule is COC1C(c2cn(-c3cccc(F)c3)nc2C)C(OC)C1N1CCCCCC1. The molecule has 0 bridgehead atoms. The van der Waals surface area contributed by atoms with Crippen LogP contribution in [0.15, 0.2) is 30.5 Å². The molecule has 2 aliphatic rings. The first kappa shape index (κ1) is 19.6. The summed E-state index contributed by atoms with van der Waals surface area (Å²) in [6.45, 7) is 4.22. The summed E-state index contributed by atoms with van der Waals surface area (Å²) in [5.74, 6) is -0.132. The van der Waals surface area contributed by atoms with Crippen LogP contribution in [-0.2, 0) is 9.47 Å². The van der Waals surface area contributed by atoms with Gasteiger partial charge in [-0.2, -0.15) is 5.10 Å². The number of ether oxygens (including phenoxy) is 2. The summed E-state index contributed by atoms with van der Waals surface area (Å²) >= 11 is 0. The maximum atomic E-state index is 13.6. The van der Waals surface area contributed by atoms with E-state index in [9.17, 15) is 4.39 Å². The molecule has 0 amide bonds. The van der Waals surface area contributed by atoms with Crippen LogP contribution in [0.3, 0.4) is 0 Å². The second-order valence-electron chi connectivity index (χ2n) is 7.96. The maximum Gasteiger partial charge on any atom is 0.125 e. The van der Waals surface area contributed by atoms with Crippen molar-refractivity contribution in [3.63, 3.8) is 0 Å². The van der Waals surface area contributed by atoms with Crippen LogP contribution in [0.1, 0.15) is 42.9 Å². The van der Waals surface area contributed by atoms with E-state index in [2.05, 4.69) is 10.00 Å². The monoisotopic (exact) mass is 387 g/mol. The van der Waals surface area contributed by atoms with Crippen LogP contribution in [0.25, 0.3) is 5.69 Å². The molecule has 4 rings (SSSR count). The van der Waals surface area contributed by atoms with Crippen LogP contribution in [0.5, 0.6) is 0 Å². The van der Waals surface area contributed by atoms with Crippen molar-refractivity contribution in [3.05, 3.63) is 47.5 Å². The Bertz CT molecular complexity index is 789. The Morgan fingerprint density at radius 2 is 1.71 bits per heavy atom. The van der Waals surface area contributed by atoms with Gasteiger partial charge in [-0.3, -0.25) is 4.90 Å². The van der Waals surface area contributed by atoms with E-state index in [4.69, 9.17) is 9.47 Å². The number of hydrogen-bond acceptors (Lipinski definition) is 4. The molecule has 2 unspecified atom stereocenters. The molecular weight excluding hydrogens is 357 g/mol. The van der Waals surface area contributed by atoms with E-state index < -0.39 is 0 Å². The van der Waals surface area contributed by atoms with Gasteiger partial charge in [-0.15, -0.1) is 0 Å². The van der Waals surface area contributed by atoms with E-state index in [1.165, 1.54) is 37.8 Å². The Labute approximate surface area is 166 Å². The van der Waals surface area contributed by atoms with Gasteiger partial charge >= 0.3 is 0 Å². The van der Waals surface area contributed by atoms with E-state index in [1.807, 2.05) is 19.2 Å². The second kappa shape index (κ2) is 8.31. The number of nitrogens with zero attached hydrogens (tertiary/aromatic N) is 3. The molecule has 1 aromatic heterocycles. The fourth-order valence-corrected chi connectivity index (χ4v) is 4.94. The van der Waals surface area contributed by atoms with Crippen LogP contribution in [0.4, 0.5) is 4.39 Å². The molecule has 1 aliphatic heterocycles. The summed E-state index contributed by atoms with van der Waals surface area (Å²) in [4.78, 5) is 2.55. The van der Waals surface area contributed by atoms with Crippen molar-refractivity contribution in [1.82, 2.24) is 14.7 Å². The Morgan fingerprint density at radius 1 is 1.04 bits per heavy atom. The third-order valence-electron chi connectivity index (χ3n) is 6.36. The molecule has 152 valence electrons. The maximum absolute atomic E-state index is 13.6.